The van der Waals surface area contributed by atoms with Crippen LogP contribution in [-0.2, 0) is 0 Å². The lowest BCUT2D eigenvalue weighted by atomic mass is 10.2. The van der Waals surface area contributed by atoms with Gasteiger partial charge in [-0.3, -0.25) is 0 Å². The van der Waals surface area contributed by atoms with E-state index in [0.29, 0.717) is 0 Å². The zero-order chi connectivity index (χ0) is 13.0. The van der Waals surface area contributed by atoms with Crippen LogP contribution in [-0.4, -0.2) is 32.1 Å². The van der Waals surface area contributed by atoms with Gasteiger partial charge in [-0.15, -0.1) is 0 Å². The normalized spacial score (nSPS) is 13.3. The minimum absolute atomic E-state index is 0.244. The highest BCUT2D eigenvalue weighted by Crippen LogP contribution is 2.24. The SMILES string of the molecule is CCCN(C)CC(NC)c1cc2ccccc2o1. The minimum atomic E-state index is 0.244. The van der Waals surface area contributed by atoms with Gasteiger partial charge in [0.2, 0.25) is 0 Å². The van der Waals surface area contributed by atoms with E-state index in [1.54, 1.807) is 0 Å². The van der Waals surface area contributed by atoms with Crippen LogP contribution < -0.4 is 5.32 Å². The summed E-state index contributed by atoms with van der Waals surface area (Å²) >= 11 is 0. The van der Waals surface area contributed by atoms with Crippen LogP contribution in [0, 0.1) is 0 Å². The largest absolute Gasteiger partial charge is 0.459 e. The number of rotatable bonds is 6. The van der Waals surface area contributed by atoms with Gasteiger partial charge >= 0.3 is 0 Å². The molecule has 98 valence electrons. The van der Waals surface area contributed by atoms with Crippen LogP contribution >= 0.6 is 0 Å². The lowest BCUT2D eigenvalue weighted by molar-refractivity contribution is 0.280. The summed E-state index contributed by atoms with van der Waals surface area (Å²) < 4.78 is 5.91. The molecule has 1 aromatic carbocycles. The first-order valence-electron chi connectivity index (χ1n) is 6.59. The predicted molar refractivity (Wildman–Crippen MR) is 75.8 cm³/mol. The second kappa shape index (κ2) is 6.03. The predicted octanol–water partition coefficient (Wildman–Crippen LogP) is 3.04. The molecule has 1 heterocycles. The van der Waals surface area contributed by atoms with Crippen LogP contribution in [0.2, 0.25) is 0 Å². The molecule has 0 saturated heterocycles. The number of likely N-dealkylation sites (N-methyl/N-ethyl adjacent to an activating group) is 2. The van der Waals surface area contributed by atoms with Crippen LogP contribution in [0.15, 0.2) is 34.7 Å². The lowest BCUT2D eigenvalue weighted by Crippen LogP contribution is -2.31. The van der Waals surface area contributed by atoms with E-state index in [9.17, 15) is 0 Å². The van der Waals surface area contributed by atoms with Gasteiger partial charge in [-0.25, -0.2) is 0 Å². The first-order valence-corrected chi connectivity index (χ1v) is 6.59. The smallest absolute Gasteiger partial charge is 0.134 e. The topological polar surface area (TPSA) is 28.4 Å². The Morgan fingerprint density at radius 3 is 2.78 bits per heavy atom. The first kappa shape index (κ1) is 13.1. The Kier molecular flexibility index (Phi) is 4.39. The van der Waals surface area contributed by atoms with Crippen LogP contribution in [0.5, 0.6) is 0 Å². The molecule has 0 radical (unpaired) electrons. The number of hydrogen-bond acceptors (Lipinski definition) is 3. The molecular weight excluding hydrogens is 224 g/mol. The summed E-state index contributed by atoms with van der Waals surface area (Å²) in [5.74, 6) is 1.02. The van der Waals surface area contributed by atoms with Crippen molar-refractivity contribution in [2.75, 3.05) is 27.2 Å². The molecule has 2 aromatic rings. The fourth-order valence-electron chi connectivity index (χ4n) is 2.28. The second-order valence-corrected chi connectivity index (χ2v) is 4.79. The second-order valence-electron chi connectivity index (χ2n) is 4.79. The molecule has 0 aliphatic rings. The highest BCUT2D eigenvalue weighted by molar-refractivity contribution is 5.77. The molecule has 0 aliphatic heterocycles. The van der Waals surface area contributed by atoms with Gasteiger partial charge in [0.1, 0.15) is 11.3 Å². The number of benzene rings is 1. The van der Waals surface area contributed by atoms with E-state index in [0.717, 1.165) is 24.4 Å². The Labute approximate surface area is 109 Å². The van der Waals surface area contributed by atoms with E-state index in [2.05, 4.69) is 36.3 Å². The van der Waals surface area contributed by atoms with Gasteiger partial charge in [0.15, 0.2) is 0 Å². The molecule has 0 saturated carbocycles. The van der Waals surface area contributed by atoms with Crippen molar-refractivity contribution in [3.8, 4) is 0 Å². The van der Waals surface area contributed by atoms with E-state index < -0.39 is 0 Å². The van der Waals surface area contributed by atoms with E-state index in [4.69, 9.17) is 4.42 Å². The van der Waals surface area contributed by atoms with E-state index in [1.807, 2.05) is 25.2 Å². The monoisotopic (exact) mass is 246 g/mol. The molecule has 18 heavy (non-hydrogen) atoms. The molecule has 0 spiro atoms. The Morgan fingerprint density at radius 2 is 2.11 bits per heavy atom. The van der Waals surface area contributed by atoms with Crippen LogP contribution in [0.3, 0.4) is 0 Å². The Morgan fingerprint density at radius 1 is 1.33 bits per heavy atom. The number of para-hydroxylation sites is 1. The average molecular weight is 246 g/mol. The number of nitrogens with one attached hydrogen (secondary N) is 1. The maximum atomic E-state index is 5.91. The summed E-state index contributed by atoms with van der Waals surface area (Å²) in [6, 6.07) is 10.5. The standard InChI is InChI=1S/C15H22N2O/c1-4-9-17(3)11-13(16-2)15-10-12-7-5-6-8-14(12)18-15/h5-8,10,13,16H,4,9,11H2,1-3H3. The molecule has 1 unspecified atom stereocenters. The molecule has 0 aliphatic carbocycles. The summed E-state index contributed by atoms with van der Waals surface area (Å²) in [6.07, 6.45) is 1.17. The lowest BCUT2D eigenvalue weighted by Gasteiger charge is -2.21. The Hall–Kier alpha value is -1.32. The maximum absolute atomic E-state index is 5.91. The summed E-state index contributed by atoms with van der Waals surface area (Å²) in [5, 5.41) is 4.51. The number of fused-ring (bicyclic) bond motifs is 1. The van der Waals surface area contributed by atoms with Crippen LogP contribution in [0.4, 0.5) is 0 Å². The van der Waals surface area contributed by atoms with Crippen molar-refractivity contribution in [1.29, 1.82) is 0 Å². The molecule has 1 aromatic heterocycles. The molecule has 3 nitrogen and oxygen atoms in total. The fourth-order valence-corrected chi connectivity index (χ4v) is 2.28. The maximum Gasteiger partial charge on any atom is 0.134 e. The van der Waals surface area contributed by atoms with Gasteiger partial charge < -0.3 is 14.6 Å². The van der Waals surface area contributed by atoms with E-state index >= 15 is 0 Å². The zero-order valence-corrected chi connectivity index (χ0v) is 11.4. The number of nitrogens with zero attached hydrogens (tertiary/aromatic N) is 1. The zero-order valence-electron chi connectivity index (χ0n) is 11.4. The molecule has 2 rings (SSSR count). The van der Waals surface area contributed by atoms with Crippen molar-refractivity contribution in [3.05, 3.63) is 36.1 Å². The molecular formula is C15H22N2O. The van der Waals surface area contributed by atoms with Gasteiger partial charge in [-0.05, 0) is 39.2 Å². The molecule has 0 bridgehead atoms. The average Bonchev–Trinajstić information content (AvgIpc) is 2.79. The van der Waals surface area contributed by atoms with E-state index in [-0.39, 0.29) is 6.04 Å². The van der Waals surface area contributed by atoms with E-state index in [1.165, 1.54) is 11.8 Å². The third kappa shape index (κ3) is 2.92. The first-order chi connectivity index (χ1) is 8.74. The van der Waals surface area contributed by atoms with Gasteiger partial charge in [0, 0.05) is 11.9 Å². The molecule has 1 atom stereocenters. The number of furan rings is 1. The third-order valence-corrected chi connectivity index (χ3v) is 3.24. The minimum Gasteiger partial charge on any atom is -0.459 e. The van der Waals surface area contributed by atoms with Crippen molar-refractivity contribution in [2.24, 2.45) is 0 Å². The summed E-state index contributed by atoms with van der Waals surface area (Å²) in [5.41, 5.74) is 0.964. The van der Waals surface area contributed by atoms with Crippen LogP contribution in [0.25, 0.3) is 11.0 Å². The van der Waals surface area contributed by atoms with Crippen LogP contribution in [0.1, 0.15) is 25.1 Å². The highest BCUT2D eigenvalue weighted by atomic mass is 16.3. The highest BCUT2D eigenvalue weighted by Gasteiger charge is 2.16. The molecule has 0 amide bonds. The van der Waals surface area contributed by atoms with Crippen molar-refractivity contribution < 1.29 is 4.42 Å². The third-order valence-electron chi connectivity index (χ3n) is 3.24. The van der Waals surface area contributed by atoms with Gasteiger partial charge in [0.25, 0.3) is 0 Å². The number of hydrogen-bond donors (Lipinski definition) is 1. The van der Waals surface area contributed by atoms with Crippen molar-refractivity contribution >= 4 is 11.0 Å². The van der Waals surface area contributed by atoms with Crippen molar-refractivity contribution in [1.82, 2.24) is 10.2 Å². The van der Waals surface area contributed by atoms with Crippen molar-refractivity contribution in [2.45, 2.75) is 19.4 Å². The molecule has 0 fully saturated rings. The Bertz CT molecular complexity index is 459. The fraction of sp³-hybridized carbons (Fsp3) is 0.467. The van der Waals surface area contributed by atoms with Gasteiger partial charge in [-0.1, -0.05) is 25.1 Å². The summed E-state index contributed by atoms with van der Waals surface area (Å²) in [4.78, 5) is 2.33. The molecule has 1 N–H and O–H groups in total. The van der Waals surface area contributed by atoms with Gasteiger partial charge in [-0.2, -0.15) is 0 Å². The summed E-state index contributed by atoms with van der Waals surface area (Å²) in [6.45, 7) is 4.27. The van der Waals surface area contributed by atoms with Gasteiger partial charge in [0.05, 0.1) is 6.04 Å². The summed E-state index contributed by atoms with van der Waals surface area (Å²) in [7, 11) is 4.13. The quantitative estimate of drug-likeness (QED) is 0.849. The van der Waals surface area contributed by atoms with Crippen molar-refractivity contribution in [3.63, 3.8) is 0 Å². The Balaban J connectivity index is 2.16. The molecule has 3 heteroatoms.